The van der Waals surface area contributed by atoms with E-state index in [0.717, 1.165) is 33.3 Å². The average molecular weight is 379 g/mol. The number of carbonyl (C=O) groups is 1. The van der Waals surface area contributed by atoms with Crippen LogP contribution in [0.25, 0.3) is 0 Å². The van der Waals surface area contributed by atoms with Crippen LogP contribution in [0.5, 0.6) is 5.75 Å². The lowest BCUT2D eigenvalue weighted by Gasteiger charge is -2.07. The molecule has 0 spiro atoms. The van der Waals surface area contributed by atoms with Crippen LogP contribution in [0.3, 0.4) is 0 Å². The fourth-order valence-electron chi connectivity index (χ4n) is 2.40. The molecular formula is C21H21N3O2S. The summed E-state index contributed by atoms with van der Waals surface area (Å²) < 4.78 is 5.78. The maximum absolute atomic E-state index is 12.0. The third kappa shape index (κ3) is 5.76. The minimum atomic E-state index is -0.175. The molecular weight excluding hydrogens is 358 g/mol. The number of hydrazone groups is 1. The van der Waals surface area contributed by atoms with E-state index in [2.05, 4.69) is 15.5 Å². The van der Waals surface area contributed by atoms with Gasteiger partial charge in [0.1, 0.15) is 17.4 Å². The van der Waals surface area contributed by atoms with Gasteiger partial charge in [-0.2, -0.15) is 5.10 Å². The summed E-state index contributed by atoms with van der Waals surface area (Å²) in [5.41, 5.74) is 6.29. The van der Waals surface area contributed by atoms with Gasteiger partial charge in [0.2, 0.25) is 5.91 Å². The number of hydrogen-bond donors (Lipinski definition) is 1. The van der Waals surface area contributed by atoms with Crippen LogP contribution >= 0.6 is 11.3 Å². The van der Waals surface area contributed by atoms with Gasteiger partial charge in [0.15, 0.2) is 0 Å². The van der Waals surface area contributed by atoms with Gasteiger partial charge >= 0.3 is 0 Å². The Morgan fingerprint density at radius 3 is 2.56 bits per heavy atom. The summed E-state index contributed by atoms with van der Waals surface area (Å²) in [7, 11) is 0. The number of hydrogen-bond acceptors (Lipinski definition) is 5. The molecule has 2 aromatic carbocycles. The first kappa shape index (κ1) is 18.8. The highest BCUT2D eigenvalue weighted by molar-refractivity contribution is 7.09. The van der Waals surface area contributed by atoms with Crippen LogP contribution in [0.4, 0.5) is 0 Å². The van der Waals surface area contributed by atoms with Gasteiger partial charge in [-0.3, -0.25) is 4.79 Å². The summed E-state index contributed by atoms with van der Waals surface area (Å²) in [5.74, 6) is 0.616. The van der Waals surface area contributed by atoms with Crippen LogP contribution in [0.2, 0.25) is 0 Å². The summed E-state index contributed by atoms with van der Waals surface area (Å²) in [6.45, 7) is 4.29. The van der Waals surface area contributed by atoms with Crippen molar-refractivity contribution >= 4 is 23.0 Å². The highest BCUT2D eigenvalue weighted by Crippen LogP contribution is 2.15. The molecule has 27 heavy (non-hydrogen) atoms. The van der Waals surface area contributed by atoms with Crippen molar-refractivity contribution in [2.75, 3.05) is 0 Å². The molecule has 0 saturated carbocycles. The van der Waals surface area contributed by atoms with Gasteiger partial charge in [0.05, 0.1) is 12.1 Å². The standard InChI is InChI=1S/C21H21N3O2S/c1-15-14-27-21(22-15)12-20(25)24-23-16(2)18-8-10-19(11-9-18)26-13-17-6-4-3-5-7-17/h3-11,14H,12-13H2,1-2H3,(H,24,25)/b23-16-. The molecule has 138 valence electrons. The summed E-state index contributed by atoms with van der Waals surface area (Å²) in [4.78, 5) is 16.2. The Kier molecular flexibility index (Phi) is 6.33. The average Bonchev–Trinajstić information content (AvgIpc) is 3.10. The van der Waals surface area contributed by atoms with E-state index in [-0.39, 0.29) is 12.3 Å². The lowest BCUT2D eigenvalue weighted by atomic mass is 10.1. The zero-order valence-electron chi connectivity index (χ0n) is 15.3. The van der Waals surface area contributed by atoms with Gasteiger partial charge < -0.3 is 4.74 Å². The lowest BCUT2D eigenvalue weighted by molar-refractivity contribution is -0.120. The SMILES string of the molecule is C/C(=N/NC(=O)Cc1nc(C)cs1)c1ccc(OCc2ccccc2)cc1. The number of carbonyl (C=O) groups excluding carboxylic acids is 1. The van der Waals surface area contributed by atoms with Crippen molar-refractivity contribution in [2.24, 2.45) is 5.10 Å². The predicted molar refractivity (Wildman–Crippen MR) is 108 cm³/mol. The summed E-state index contributed by atoms with van der Waals surface area (Å²) >= 11 is 1.48. The highest BCUT2D eigenvalue weighted by Gasteiger charge is 2.06. The van der Waals surface area contributed by atoms with Crippen molar-refractivity contribution in [1.29, 1.82) is 0 Å². The van der Waals surface area contributed by atoms with Crippen LogP contribution in [0.15, 0.2) is 65.1 Å². The van der Waals surface area contributed by atoms with Gasteiger partial charge in [0, 0.05) is 11.1 Å². The van der Waals surface area contributed by atoms with E-state index in [9.17, 15) is 4.79 Å². The summed E-state index contributed by atoms with van der Waals surface area (Å²) in [6, 6.07) is 17.7. The molecule has 1 aromatic heterocycles. The molecule has 0 aliphatic heterocycles. The van der Waals surface area contributed by atoms with Crippen LogP contribution in [-0.4, -0.2) is 16.6 Å². The van der Waals surface area contributed by atoms with Crippen molar-refractivity contribution in [3.63, 3.8) is 0 Å². The first-order valence-electron chi connectivity index (χ1n) is 8.61. The number of rotatable bonds is 7. The fraction of sp³-hybridized carbons (Fsp3) is 0.190. The third-order valence-corrected chi connectivity index (χ3v) is 4.81. The molecule has 1 N–H and O–H groups in total. The second kappa shape index (κ2) is 9.09. The second-order valence-corrected chi connectivity index (χ2v) is 7.03. The van der Waals surface area contributed by atoms with Crippen molar-refractivity contribution in [3.8, 4) is 5.75 Å². The van der Waals surface area contributed by atoms with Gasteiger partial charge in [0.25, 0.3) is 0 Å². The Morgan fingerprint density at radius 1 is 1.15 bits per heavy atom. The van der Waals surface area contributed by atoms with E-state index in [1.165, 1.54) is 11.3 Å². The predicted octanol–water partition coefficient (Wildman–Crippen LogP) is 4.11. The summed E-state index contributed by atoms with van der Waals surface area (Å²) in [5, 5.41) is 6.89. The maximum Gasteiger partial charge on any atom is 0.246 e. The van der Waals surface area contributed by atoms with E-state index >= 15 is 0 Å². The molecule has 3 rings (SSSR count). The van der Waals surface area contributed by atoms with Crippen molar-refractivity contribution in [2.45, 2.75) is 26.9 Å². The van der Waals surface area contributed by atoms with Crippen LogP contribution in [-0.2, 0) is 17.8 Å². The van der Waals surface area contributed by atoms with E-state index < -0.39 is 0 Å². The third-order valence-electron chi connectivity index (χ3n) is 3.85. The number of nitrogens with one attached hydrogen (secondary N) is 1. The van der Waals surface area contributed by atoms with Gasteiger partial charge in [-0.1, -0.05) is 30.3 Å². The Labute approximate surface area is 162 Å². The molecule has 0 saturated heterocycles. The Bertz CT molecular complexity index is 918. The topological polar surface area (TPSA) is 63.6 Å². The molecule has 0 radical (unpaired) electrons. The highest BCUT2D eigenvalue weighted by atomic mass is 32.1. The normalized spacial score (nSPS) is 11.3. The molecule has 3 aromatic rings. The number of aromatic nitrogens is 1. The molecule has 1 amide bonds. The maximum atomic E-state index is 12.0. The van der Waals surface area contributed by atoms with Crippen molar-refractivity contribution in [1.82, 2.24) is 10.4 Å². The minimum Gasteiger partial charge on any atom is -0.489 e. The Balaban J connectivity index is 1.52. The number of benzene rings is 2. The van der Waals surface area contributed by atoms with Crippen LogP contribution in [0.1, 0.15) is 28.8 Å². The number of ether oxygens (including phenoxy) is 1. The van der Waals surface area contributed by atoms with E-state index in [1.54, 1.807) is 0 Å². The zero-order valence-corrected chi connectivity index (χ0v) is 16.1. The van der Waals surface area contributed by atoms with Crippen molar-refractivity contribution in [3.05, 3.63) is 81.8 Å². The molecule has 0 atom stereocenters. The lowest BCUT2D eigenvalue weighted by Crippen LogP contribution is -2.21. The number of nitrogens with zero attached hydrogens (tertiary/aromatic N) is 2. The van der Waals surface area contributed by atoms with Crippen molar-refractivity contribution < 1.29 is 9.53 Å². The Hall–Kier alpha value is -2.99. The largest absolute Gasteiger partial charge is 0.489 e. The smallest absolute Gasteiger partial charge is 0.246 e. The molecule has 0 unspecified atom stereocenters. The fourth-order valence-corrected chi connectivity index (χ4v) is 3.18. The molecule has 0 bridgehead atoms. The Morgan fingerprint density at radius 2 is 1.89 bits per heavy atom. The molecule has 0 aliphatic carbocycles. The van der Waals surface area contributed by atoms with E-state index in [0.29, 0.717) is 6.61 Å². The zero-order chi connectivity index (χ0) is 19.1. The number of thiazole rings is 1. The summed E-state index contributed by atoms with van der Waals surface area (Å²) in [6.07, 6.45) is 0.238. The molecule has 5 nitrogen and oxygen atoms in total. The molecule has 0 fully saturated rings. The van der Waals surface area contributed by atoms with Crippen LogP contribution in [0, 0.1) is 6.92 Å². The van der Waals surface area contributed by atoms with E-state index in [4.69, 9.17) is 4.74 Å². The second-order valence-electron chi connectivity index (χ2n) is 6.09. The quantitative estimate of drug-likeness (QED) is 0.496. The van der Waals surface area contributed by atoms with Gasteiger partial charge in [-0.15, -0.1) is 11.3 Å². The first-order chi connectivity index (χ1) is 13.1. The molecule has 0 aliphatic rings. The van der Waals surface area contributed by atoms with Gasteiger partial charge in [-0.25, -0.2) is 10.4 Å². The first-order valence-corrected chi connectivity index (χ1v) is 9.49. The van der Waals surface area contributed by atoms with Gasteiger partial charge in [-0.05, 0) is 49.2 Å². The molecule has 6 heteroatoms. The van der Waals surface area contributed by atoms with E-state index in [1.807, 2.05) is 73.8 Å². The van der Waals surface area contributed by atoms with Crippen LogP contribution < -0.4 is 10.2 Å². The molecule has 1 heterocycles. The number of amides is 1. The minimum absolute atomic E-state index is 0.175. The monoisotopic (exact) mass is 379 g/mol. The number of aryl methyl sites for hydroxylation is 1.